The summed E-state index contributed by atoms with van der Waals surface area (Å²) < 4.78 is 8.18. The maximum atomic E-state index is 5.50. The molecule has 0 aliphatic rings. The Bertz CT molecular complexity index is 758. The van der Waals surface area contributed by atoms with Crippen LogP contribution in [-0.2, 0) is 6.61 Å². The SMILES string of the molecule is Cc1ccnc(OCc2cn(-c3cccc(Br)c3)nn2)n1. The molecule has 7 heteroatoms. The largest absolute Gasteiger partial charge is 0.457 e. The van der Waals surface area contributed by atoms with E-state index in [1.54, 1.807) is 10.9 Å². The Morgan fingerprint density at radius 3 is 3.00 bits per heavy atom. The van der Waals surface area contributed by atoms with Gasteiger partial charge in [-0.3, -0.25) is 0 Å². The molecule has 3 aromatic rings. The van der Waals surface area contributed by atoms with Crippen LogP contribution in [0.5, 0.6) is 6.01 Å². The van der Waals surface area contributed by atoms with Crippen LogP contribution < -0.4 is 4.74 Å². The molecule has 0 amide bonds. The number of hydrogen-bond donors (Lipinski definition) is 0. The predicted octanol–water partition coefficient (Wildman–Crippen LogP) is 2.71. The quantitative estimate of drug-likeness (QED) is 0.727. The van der Waals surface area contributed by atoms with Gasteiger partial charge < -0.3 is 4.74 Å². The predicted molar refractivity (Wildman–Crippen MR) is 80.2 cm³/mol. The molecular formula is C14H12BrN5O. The number of nitrogens with zero attached hydrogens (tertiary/aromatic N) is 5. The molecule has 0 unspecified atom stereocenters. The van der Waals surface area contributed by atoms with Crippen molar-refractivity contribution in [3.8, 4) is 11.7 Å². The molecule has 0 radical (unpaired) electrons. The highest BCUT2D eigenvalue weighted by molar-refractivity contribution is 9.10. The van der Waals surface area contributed by atoms with Crippen molar-refractivity contribution >= 4 is 15.9 Å². The molecule has 21 heavy (non-hydrogen) atoms. The van der Waals surface area contributed by atoms with Crippen LogP contribution in [0.4, 0.5) is 0 Å². The summed E-state index contributed by atoms with van der Waals surface area (Å²) in [5, 5.41) is 8.16. The highest BCUT2D eigenvalue weighted by Gasteiger charge is 2.05. The van der Waals surface area contributed by atoms with Crippen molar-refractivity contribution in [1.29, 1.82) is 0 Å². The molecule has 2 aromatic heterocycles. The second-order valence-electron chi connectivity index (χ2n) is 4.40. The van der Waals surface area contributed by atoms with Crippen LogP contribution in [-0.4, -0.2) is 25.0 Å². The number of halogens is 1. The van der Waals surface area contributed by atoms with E-state index < -0.39 is 0 Å². The van der Waals surface area contributed by atoms with Gasteiger partial charge in [0.05, 0.1) is 11.9 Å². The zero-order chi connectivity index (χ0) is 14.7. The van der Waals surface area contributed by atoms with E-state index >= 15 is 0 Å². The van der Waals surface area contributed by atoms with Crippen LogP contribution in [0.15, 0.2) is 47.2 Å². The Hall–Kier alpha value is -2.28. The van der Waals surface area contributed by atoms with E-state index in [1.807, 2.05) is 43.5 Å². The lowest BCUT2D eigenvalue weighted by molar-refractivity contribution is 0.275. The minimum atomic E-state index is 0.275. The van der Waals surface area contributed by atoms with E-state index in [0.717, 1.165) is 15.9 Å². The number of hydrogen-bond acceptors (Lipinski definition) is 5. The molecule has 2 heterocycles. The highest BCUT2D eigenvalue weighted by Crippen LogP contribution is 2.15. The lowest BCUT2D eigenvalue weighted by atomic mass is 10.3. The highest BCUT2D eigenvalue weighted by atomic mass is 79.9. The molecular weight excluding hydrogens is 334 g/mol. The molecule has 0 spiro atoms. The standard InChI is InChI=1S/C14H12BrN5O/c1-10-5-6-16-14(17-10)21-9-12-8-20(19-18-12)13-4-2-3-11(15)7-13/h2-8H,9H2,1H3. The third-order valence-corrected chi connectivity index (χ3v) is 3.23. The molecule has 0 saturated heterocycles. The second kappa shape index (κ2) is 6.01. The summed E-state index contributed by atoms with van der Waals surface area (Å²) in [6.07, 6.45) is 3.48. The van der Waals surface area contributed by atoms with Crippen molar-refractivity contribution in [2.75, 3.05) is 0 Å². The summed E-state index contributed by atoms with van der Waals surface area (Å²) in [6.45, 7) is 2.16. The average molecular weight is 346 g/mol. The Morgan fingerprint density at radius 2 is 2.19 bits per heavy atom. The van der Waals surface area contributed by atoms with Gasteiger partial charge in [0.25, 0.3) is 0 Å². The van der Waals surface area contributed by atoms with Gasteiger partial charge in [-0.1, -0.05) is 27.2 Å². The fourth-order valence-electron chi connectivity index (χ4n) is 1.74. The number of ether oxygens (including phenoxy) is 1. The molecule has 0 saturated carbocycles. The van der Waals surface area contributed by atoms with Gasteiger partial charge in [0.15, 0.2) is 0 Å². The molecule has 106 valence electrons. The third-order valence-electron chi connectivity index (χ3n) is 2.74. The van der Waals surface area contributed by atoms with E-state index in [4.69, 9.17) is 4.74 Å². The summed E-state index contributed by atoms with van der Waals surface area (Å²) in [4.78, 5) is 8.21. The summed E-state index contributed by atoms with van der Waals surface area (Å²) >= 11 is 3.43. The van der Waals surface area contributed by atoms with Gasteiger partial charge in [-0.25, -0.2) is 14.6 Å². The summed E-state index contributed by atoms with van der Waals surface area (Å²) in [5.74, 6) is 0. The van der Waals surface area contributed by atoms with Gasteiger partial charge in [0.1, 0.15) is 12.3 Å². The summed E-state index contributed by atoms with van der Waals surface area (Å²) in [7, 11) is 0. The fraction of sp³-hybridized carbons (Fsp3) is 0.143. The van der Waals surface area contributed by atoms with Crippen molar-refractivity contribution in [3.05, 3.63) is 58.6 Å². The van der Waals surface area contributed by atoms with Crippen LogP contribution >= 0.6 is 15.9 Å². The van der Waals surface area contributed by atoms with Gasteiger partial charge in [0, 0.05) is 16.4 Å². The number of rotatable bonds is 4. The van der Waals surface area contributed by atoms with Crippen LogP contribution in [0.25, 0.3) is 5.69 Å². The smallest absolute Gasteiger partial charge is 0.316 e. The molecule has 0 aliphatic heterocycles. The fourth-order valence-corrected chi connectivity index (χ4v) is 2.13. The van der Waals surface area contributed by atoms with E-state index in [0.29, 0.717) is 11.7 Å². The zero-order valence-electron chi connectivity index (χ0n) is 11.3. The third kappa shape index (κ3) is 3.43. The lowest BCUT2D eigenvalue weighted by Crippen LogP contribution is -2.00. The monoisotopic (exact) mass is 345 g/mol. The molecule has 0 bridgehead atoms. The van der Waals surface area contributed by atoms with Crippen molar-refractivity contribution in [3.63, 3.8) is 0 Å². The van der Waals surface area contributed by atoms with Crippen LogP contribution in [0.2, 0.25) is 0 Å². The minimum absolute atomic E-state index is 0.275. The van der Waals surface area contributed by atoms with E-state index in [1.165, 1.54) is 0 Å². The average Bonchev–Trinajstić information content (AvgIpc) is 2.94. The number of aromatic nitrogens is 5. The molecule has 0 aliphatic carbocycles. The van der Waals surface area contributed by atoms with Gasteiger partial charge in [0.2, 0.25) is 0 Å². The zero-order valence-corrected chi connectivity index (χ0v) is 12.9. The Balaban J connectivity index is 1.71. The Labute approximate surface area is 129 Å². The Morgan fingerprint density at radius 1 is 1.29 bits per heavy atom. The number of benzene rings is 1. The van der Waals surface area contributed by atoms with E-state index in [9.17, 15) is 0 Å². The van der Waals surface area contributed by atoms with Gasteiger partial charge in [-0.15, -0.1) is 5.10 Å². The molecule has 0 N–H and O–H groups in total. The second-order valence-corrected chi connectivity index (χ2v) is 5.32. The lowest BCUT2D eigenvalue weighted by Gasteiger charge is -2.01. The van der Waals surface area contributed by atoms with Gasteiger partial charge in [-0.2, -0.15) is 0 Å². The summed E-state index contributed by atoms with van der Waals surface area (Å²) in [5.41, 5.74) is 2.49. The molecule has 0 atom stereocenters. The molecule has 1 aromatic carbocycles. The topological polar surface area (TPSA) is 65.7 Å². The van der Waals surface area contributed by atoms with Crippen molar-refractivity contribution in [1.82, 2.24) is 25.0 Å². The van der Waals surface area contributed by atoms with Crippen molar-refractivity contribution in [2.45, 2.75) is 13.5 Å². The maximum Gasteiger partial charge on any atom is 0.316 e. The molecule has 3 rings (SSSR count). The molecule has 0 fully saturated rings. The van der Waals surface area contributed by atoms with Gasteiger partial charge >= 0.3 is 6.01 Å². The minimum Gasteiger partial charge on any atom is -0.457 e. The summed E-state index contributed by atoms with van der Waals surface area (Å²) in [6, 6.07) is 9.97. The van der Waals surface area contributed by atoms with Crippen molar-refractivity contribution in [2.24, 2.45) is 0 Å². The van der Waals surface area contributed by atoms with Crippen molar-refractivity contribution < 1.29 is 4.74 Å². The number of aryl methyl sites for hydroxylation is 1. The van der Waals surface area contributed by atoms with E-state index in [-0.39, 0.29) is 6.61 Å². The van der Waals surface area contributed by atoms with Crippen LogP contribution in [0.1, 0.15) is 11.4 Å². The molecule has 6 nitrogen and oxygen atoms in total. The first-order chi connectivity index (χ1) is 10.2. The van der Waals surface area contributed by atoms with Crippen LogP contribution in [0, 0.1) is 6.92 Å². The van der Waals surface area contributed by atoms with E-state index in [2.05, 4.69) is 36.2 Å². The normalized spacial score (nSPS) is 10.6. The first kappa shape index (κ1) is 13.7. The van der Waals surface area contributed by atoms with Crippen LogP contribution in [0.3, 0.4) is 0 Å². The first-order valence-corrected chi connectivity index (χ1v) is 7.09. The first-order valence-electron chi connectivity index (χ1n) is 6.30. The Kier molecular flexibility index (Phi) is 3.92. The maximum absolute atomic E-state index is 5.50. The van der Waals surface area contributed by atoms with Gasteiger partial charge in [-0.05, 0) is 31.2 Å².